The van der Waals surface area contributed by atoms with Gasteiger partial charge in [0.2, 0.25) is 0 Å². The fourth-order valence-corrected chi connectivity index (χ4v) is 16.6. The lowest BCUT2D eigenvalue weighted by Crippen LogP contribution is -2.62. The highest BCUT2D eigenvalue weighted by atomic mass is 15.3. The van der Waals surface area contributed by atoms with Crippen molar-refractivity contribution >= 4 is 68.6 Å². The van der Waals surface area contributed by atoms with Gasteiger partial charge in [0, 0.05) is 50.7 Å². The maximum absolute atomic E-state index is 2.85. The van der Waals surface area contributed by atoms with E-state index in [9.17, 15) is 0 Å². The predicted octanol–water partition coefficient (Wildman–Crippen LogP) is 21.1. The monoisotopic (exact) mass is 1150 g/mol. The van der Waals surface area contributed by atoms with Gasteiger partial charge in [-0.05, 0) is 186 Å². The van der Waals surface area contributed by atoms with Crippen LogP contribution in [0.2, 0.25) is 0 Å². The zero-order valence-electron chi connectivity index (χ0n) is 53.9. The summed E-state index contributed by atoms with van der Waals surface area (Å²) in [5, 5.41) is 0. The van der Waals surface area contributed by atoms with Crippen LogP contribution in [0.25, 0.3) is 44.5 Å². The number of benzene rings is 10. The summed E-state index contributed by atoms with van der Waals surface area (Å²) >= 11 is 0. The van der Waals surface area contributed by atoms with Crippen molar-refractivity contribution in [1.29, 1.82) is 0 Å². The molecule has 5 aliphatic rings. The van der Waals surface area contributed by atoms with E-state index in [2.05, 4.69) is 316 Å². The zero-order valence-corrected chi connectivity index (χ0v) is 53.9. The van der Waals surface area contributed by atoms with Gasteiger partial charge >= 0.3 is 0 Å². The minimum absolute atomic E-state index is 0.0216. The molecule has 3 heterocycles. The number of anilines is 8. The first-order chi connectivity index (χ1) is 42.1. The molecule has 2 atom stereocenters. The largest absolute Gasteiger partial charge is 0.334 e. The van der Waals surface area contributed by atoms with Gasteiger partial charge in [-0.15, -0.1) is 0 Å². The summed E-state index contributed by atoms with van der Waals surface area (Å²) in [5.74, 6) is 0. The van der Waals surface area contributed by atoms with Gasteiger partial charge in [-0.3, -0.25) is 0 Å². The van der Waals surface area contributed by atoms with Crippen LogP contribution >= 0.6 is 0 Å². The van der Waals surface area contributed by atoms with Gasteiger partial charge in [-0.25, -0.2) is 0 Å². The summed E-state index contributed by atoms with van der Waals surface area (Å²) in [5.41, 5.74) is 30.5. The summed E-state index contributed by atoms with van der Waals surface area (Å²) in [7, 11) is 0. The molecule has 3 nitrogen and oxygen atoms in total. The Morgan fingerprint density at radius 1 is 0.341 bits per heavy atom. The van der Waals surface area contributed by atoms with Crippen molar-refractivity contribution in [2.24, 2.45) is 0 Å². The van der Waals surface area contributed by atoms with Crippen molar-refractivity contribution in [3.63, 3.8) is 0 Å². The molecule has 2 unspecified atom stereocenters. The van der Waals surface area contributed by atoms with Crippen molar-refractivity contribution in [3.05, 3.63) is 246 Å². The van der Waals surface area contributed by atoms with E-state index < -0.39 is 0 Å². The lowest BCUT2D eigenvalue weighted by molar-refractivity contribution is 0.195. The molecule has 1 fully saturated rings. The van der Waals surface area contributed by atoms with Gasteiger partial charge in [0.25, 0.3) is 6.71 Å². The van der Waals surface area contributed by atoms with E-state index in [1.807, 2.05) is 0 Å². The Kier molecular flexibility index (Phi) is 12.8. The van der Waals surface area contributed by atoms with E-state index in [0.717, 1.165) is 25.7 Å². The van der Waals surface area contributed by atoms with Crippen molar-refractivity contribution in [2.75, 3.05) is 14.7 Å². The van der Waals surface area contributed by atoms with E-state index in [1.165, 1.54) is 147 Å². The van der Waals surface area contributed by atoms with Gasteiger partial charge in [0.1, 0.15) is 0 Å². The molecule has 10 aromatic carbocycles. The van der Waals surface area contributed by atoms with Gasteiger partial charge in [0.15, 0.2) is 0 Å². The van der Waals surface area contributed by atoms with Crippen molar-refractivity contribution in [2.45, 2.75) is 154 Å². The third kappa shape index (κ3) is 8.73. The van der Waals surface area contributed by atoms with Crippen LogP contribution in [0.15, 0.2) is 218 Å². The van der Waals surface area contributed by atoms with Crippen LogP contribution in [0.4, 0.5) is 45.5 Å². The Morgan fingerprint density at radius 2 is 0.818 bits per heavy atom. The number of hydrogen-bond donors (Lipinski definition) is 0. The number of para-hydroxylation sites is 1. The first-order valence-electron chi connectivity index (χ1n) is 32.7. The second-order valence-corrected chi connectivity index (χ2v) is 30.3. The number of fused-ring (bicyclic) bond motifs is 8. The molecule has 88 heavy (non-hydrogen) atoms. The first-order valence-corrected chi connectivity index (χ1v) is 32.7. The molecule has 0 radical (unpaired) electrons. The molecule has 2 aliphatic carbocycles. The van der Waals surface area contributed by atoms with Crippen LogP contribution in [0.5, 0.6) is 0 Å². The van der Waals surface area contributed by atoms with Crippen LogP contribution < -0.4 is 31.1 Å². The SMILES string of the molecule is CC(C)(C)c1ccc(-c2ccc3c(c2)C2(C)CCCCC2(C)N3c2cc3c4c(c2)N(c2ccc(C(C)(C)C)cc2-c2ccccc2)c2cc5c(cc2B4c2cc(-c4ccccc4)ccc2N3c2ccccc2-c2ccccc2)C(C)(C)CCC5(C)C)cc1. The Bertz CT molecular complexity index is 4390. The normalized spacial score (nSPS) is 19.5. The molecule has 438 valence electrons. The van der Waals surface area contributed by atoms with Gasteiger partial charge in [-0.1, -0.05) is 253 Å². The Balaban J connectivity index is 1.09. The predicted molar refractivity (Wildman–Crippen MR) is 378 cm³/mol. The molecule has 15 rings (SSSR count). The topological polar surface area (TPSA) is 9.72 Å². The molecule has 0 saturated heterocycles. The van der Waals surface area contributed by atoms with Gasteiger partial charge in [-0.2, -0.15) is 0 Å². The maximum atomic E-state index is 2.85. The van der Waals surface area contributed by atoms with Crippen LogP contribution in [-0.4, -0.2) is 12.3 Å². The highest BCUT2D eigenvalue weighted by Gasteiger charge is 2.58. The highest BCUT2D eigenvalue weighted by Crippen LogP contribution is 2.63. The quantitative estimate of drug-likeness (QED) is 0.147. The summed E-state index contributed by atoms with van der Waals surface area (Å²) in [6.07, 6.45) is 6.87. The third-order valence-electron chi connectivity index (χ3n) is 22.0. The first kappa shape index (κ1) is 56.2. The summed E-state index contributed by atoms with van der Waals surface area (Å²) < 4.78 is 0. The highest BCUT2D eigenvalue weighted by molar-refractivity contribution is 7.00. The van der Waals surface area contributed by atoms with Crippen molar-refractivity contribution in [1.82, 2.24) is 0 Å². The molecule has 0 bridgehead atoms. The third-order valence-corrected chi connectivity index (χ3v) is 22.0. The fraction of sp³-hybridized carbons (Fsp3) is 0.286. The van der Waals surface area contributed by atoms with Gasteiger partial charge < -0.3 is 14.7 Å². The molecule has 0 spiro atoms. The van der Waals surface area contributed by atoms with E-state index in [1.54, 1.807) is 0 Å². The second-order valence-electron chi connectivity index (χ2n) is 30.3. The van der Waals surface area contributed by atoms with Crippen molar-refractivity contribution in [3.8, 4) is 44.5 Å². The van der Waals surface area contributed by atoms with Crippen LogP contribution in [-0.2, 0) is 27.1 Å². The van der Waals surface area contributed by atoms with Crippen LogP contribution in [0, 0.1) is 0 Å². The fourth-order valence-electron chi connectivity index (χ4n) is 16.6. The molecule has 0 N–H and O–H groups in total. The Hall–Kier alpha value is -8.34. The number of nitrogens with zero attached hydrogens (tertiary/aromatic N) is 3. The lowest BCUT2D eigenvalue weighted by Gasteiger charge is -2.51. The van der Waals surface area contributed by atoms with E-state index in [-0.39, 0.29) is 39.3 Å². The molecule has 1 saturated carbocycles. The molecule has 3 aliphatic heterocycles. The van der Waals surface area contributed by atoms with Crippen molar-refractivity contribution < 1.29 is 0 Å². The van der Waals surface area contributed by atoms with E-state index in [0.29, 0.717) is 0 Å². The van der Waals surface area contributed by atoms with E-state index in [4.69, 9.17) is 0 Å². The average molecular weight is 1150 g/mol. The van der Waals surface area contributed by atoms with Crippen LogP contribution in [0.3, 0.4) is 0 Å². The summed E-state index contributed by atoms with van der Waals surface area (Å²) in [4.78, 5) is 8.30. The maximum Gasteiger partial charge on any atom is 0.252 e. The Morgan fingerprint density at radius 3 is 1.45 bits per heavy atom. The molecular formula is C84H84BN3. The van der Waals surface area contributed by atoms with Gasteiger partial charge in [0.05, 0.1) is 16.9 Å². The summed E-state index contributed by atoms with van der Waals surface area (Å²) in [6, 6.07) is 85.0. The Labute approximate surface area is 525 Å². The molecule has 0 aromatic heterocycles. The van der Waals surface area contributed by atoms with Crippen LogP contribution in [0.1, 0.15) is 149 Å². The summed E-state index contributed by atoms with van der Waals surface area (Å²) in [6.45, 7) is 29.1. The zero-order chi connectivity index (χ0) is 60.9. The smallest absolute Gasteiger partial charge is 0.252 e. The molecular weight excluding hydrogens is 1060 g/mol. The molecule has 4 heteroatoms. The number of hydrogen-bond acceptors (Lipinski definition) is 3. The second kappa shape index (κ2) is 20.1. The standard InChI is InChI=1S/C84H84BN3/c1-79(2,3)61-38-34-56(35-39-61)59-36-41-73-68(48-59)83(11)44-24-25-45-84(83,12)88(73)63-51-76-78-77(52-63)87(72-43-40-62(80(4,5)6)50-65(72)58-30-20-15-21-31-58)75-54-67-66(81(7,8)46-47-82(67,9)10)53-70(75)85(78)69-49-60(55-26-16-13-17-27-55)37-42-74(69)86(76)71-33-23-22-32-64(71)57-28-18-14-19-29-57/h13-23,26-43,48-54H,24-25,44-47H2,1-12H3. The minimum Gasteiger partial charge on any atom is -0.334 e. The van der Waals surface area contributed by atoms with E-state index >= 15 is 0 Å². The number of rotatable bonds is 7. The lowest BCUT2D eigenvalue weighted by atomic mass is 9.33. The average Bonchev–Trinajstić information content (AvgIpc) is 1.53. The minimum atomic E-state index is -0.234. The molecule has 10 aromatic rings. The molecule has 0 amide bonds.